The molecule has 8 rings (SSSR count). The summed E-state index contributed by atoms with van der Waals surface area (Å²) in [5.41, 5.74) is 2.74. The Morgan fingerprint density at radius 1 is 1.15 bits per heavy atom. The van der Waals surface area contributed by atoms with Gasteiger partial charge in [0.05, 0.1) is 41.6 Å². The highest BCUT2D eigenvalue weighted by molar-refractivity contribution is 6.36. The molecule has 0 bridgehead atoms. The number of likely N-dealkylation sites (tertiary alicyclic amines) is 1. The smallest absolute Gasteiger partial charge is 0.434 e. The second kappa shape index (κ2) is 14.2. The third-order valence-corrected chi connectivity index (χ3v) is 11.4. The predicted octanol–water partition coefficient (Wildman–Crippen LogP) is 6.21. The van der Waals surface area contributed by atoms with Crippen molar-refractivity contribution in [2.24, 2.45) is 5.92 Å². The number of alkyl halides is 1. The maximum atomic E-state index is 14.6. The van der Waals surface area contributed by atoms with Gasteiger partial charge in [-0.1, -0.05) is 54.9 Å². The van der Waals surface area contributed by atoms with Gasteiger partial charge >= 0.3 is 11.8 Å². The zero-order chi connectivity index (χ0) is 36.0. The van der Waals surface area contributed by atoms with Crippen LogP contribution in [0.5, 0.6) is 6.01 Å². The SMILES string of the molecule is CC(C)c1noc(/C=C/C(=O)N2CCC(/C=[N+](/C)c3nc(OC[C@@]45CCCN4C[C@H](F)C5)nc4c3CCN(c3cccc5cccc(Cl)c35)C4)C2)n1. The van der Waals surface area contributed by atoms with E-state index < -0.39 is 6.17 Å². The molecule has 11 nitrogen and oxygen atoms in total. The van der Waals surface area contributed by atoms with Gasteiger partial charge < -0.3 is 19.1 Å². The van der Waals surface area contributed by atoms with Crippen LogP contribution in [0.2, 0.25) is 5.02 Å². The minimum absolute atomic E-state index is 0.0886. The maximum absolute atomic E-state index is 14.6. The van der Waals surface area contributed by atoms with Crippen molar-refractivity contribution >= 4 is 52.1 Å². The first kappa shape index (κ1) is 34.7. The topological polar surface area (TPSA) is 104 Å². The molecule has 13 heteroatoms. The third-order valence-electron chi connectivity index (χ3n) is 11.1. The van der Waals surface area contributed by atoms with Crippen molar-refractivity contribution in [2.75, 3.05) is 51.3 Å². The van der Waals surface area contributed by atoms with Crippen LogP contribution in [0.1, 0.15) is 68.4 Å². The second-order valence-electron chi connectivity index (χ2n) is 15.0. The molecule has 4 aliphatic heterocycles. The fraction of sp³-hybridized carbons (Fsp3) is 0.487. The van der Waals surface area contributed by atoms with Gasteiger partial charge in [-0.15, -0.1) is 0 Å². The number of benzene rings is 2. The number of hydrogen-bond acceptors (Lipinski definition) is 9. The van der Waals surface area contributed by atoms with E-state index in [4.69, 9.17) is 30.8 Å². The molecule has 52 heavy (non-hydrogen) atoms. The Morgan fingerprint density at radius 3 is 2.83 bits per heavy atom. The quantitative estimate of drug-likeness (QED) is 0.113. The summed E-state index contributed by atoms with van der Waals surface area (Å²) in [4.78, 5) is 33.8. The van der Waals surface area contributed by atoms with Crippen LogP contribution in [0.25, 0.3) is 16.8 Å². The monoisotopic (exact) mass is 727 g/mol. The van der Waals surface area contributed by atoms with Crippen molar-refractivity contribution < 1.29 is 23.0 Å². The molecule has 0 N–H and O–H groups in total. The summed E-state index contributed by atoms with van der Waals surface area (Å²) in [7, 11) is 2.01. The van der Waals surface area contributed by atoms with Crippen molar-refractivity contribution in [3.05, 3.63) is 70.5 Å². The van der Waals surface area contributed by atoms with E-state index in [0.29, 0.717) is 56.9 Å². The first-order valence-corrected chi connectivity index (χ1v) is 18.8. The lowest BCUT2D eigenvalue weighted by atomic mass is 9.95. The molecular weight excluding hydrogens is 683 g/mol. The number of nitrogens with zero attached hydrogens (tertiary/aromatic N) is 8. The molecular formula is C39H45ClFN8O3+. The van der Waals surface area contributed by atoms with Gasteiger partial charge in [0, 0.05) is 79.1 Å². The summed E-state index contributed by atoms with van der Waals surface area (Å²) in [6.07, 6.45) is 8.41. The third kappa shape index (κ3) is 6.78. The van der Waals surface area contributed by atoms with Gasteiger partial charge in [-0.3, -0.25) is 9.69 Å². The highest BCUT2D eigenvalue weighted by Crippen LogP contribution is 2.41. The lowest BCUT2D eigenvalue weighted by molar-refractivity contribution is -0.407. The molecule has 0 saturated carbocycles. The molecule has 272 valence electrons. The Morgan fingerprint density at radius 2 is 2.00 bits per heavy atom. The van der Waals surface area contributed by atoms with E-state index in [1.165, 1.54) is 6.08 Å². The lowest BCUT2D eigenvalue weighted by Crippen LogP contribution is -2.43. The number of aromatic nitrogens is 4. The predicted molar refractivity (Wildman–Crippen MR) is 198 cm³/mol. The van der Waals surface area contributed by atoms with E-state index >= 15 is 0 Å². The first-order chi connectivity index (χ1) is 25.2. The van der Waals surface area contributed by atoms with Crippen molar-refractivity contribution in [3.8, 4) is 6.01 Å². The molecule has 1 amide bonds. The van der Waals surface area contributed by atoms with E-state index in [0.717, 1.165) is 77.3 Å². The van der Waals surface area contributed by atoms with Crippen LogP contribution in [0.4, 0.5) is 15.9 Å². The number of carbonyl (C=O) groups is 1. The zero-order valence-corrected chi connectivity index (χ0v) is 30.7. The second-order valence-corrected chi connectivity index (χ2v) is 15.4. The normalized spacial score (nSPS) is 23.7. The Bertz CT molecular complexity index is 2050. The van der Waals surface area contributed by atoms with E-state index in [2.05, 4.69) is 55.0 Å². The Balaban J connectivity index is 1.05. The number of hydrogen-bond donors (Lipinski definition) is 0. The summed E-state index contributed by atoms with van der Waals surface area (Å²) in [6, 6.07) is 12.6. The zero-order valence-electron chi connectivity index (χ0n) is 30.0. The lowest BCUT2D eigenvalue weighted by Gasteiger charge is -2.32. The minimum atomic E-state index is -0.837. The van der Waals surface area contributed by atoms with Crippen LogP contribution < -0.4 is 9.64 Å². The summed E-state index contributed by atoms with van der Waals surface area (Å²) in [5.74, 6) is 1.93. The van der Waals surface area contributed by atoms with E-state index in [1.54, 1.807) is 6.08 Å². The summed E-state index contributed by atoms with van der Waals surface area (Å²) >= 11 is 6.75. The van der Waals surface area contributed by atoms with Crippen LogP contribution >= 0.6 is 11.6 Å². The number of anilines is 1. The van der Waals surface area contributed by atoms with Crippen LogP contribution in [0.15, 0.2) is 47.0 Å². The van der Waals surface area contributed by atoms with Gasteiger partial charge in [0.2, 0.25) is 5.91 Å². The molecule has 6 heterocycles. The Labute approximate surface area is 308 Å². The van der Waals surface area contributed by atoms with E-state index in [-0.39, 0.29) is 23.3 Å². The molecule has 2 aromatic carbocycles. The van der Waals surface area contributed by atoms with Crippen LogP contribution in [0, 0.1) is 5.92 Å². The van der Waals surface area contributed by atoms with Crippen LogP contribution in [-0.2, 0) is 17.8 Å². The van der Waals surface area contributed by atoms with Crippen molar-refractivity contribution in [2.45, 2.75) is 70.1 Å². The van der Waals surface area contributed by atoms with Crippen LogP contribution in [0.3, 0.4) is 0 Å². The molecule has 3 atom stereocenters. The summed E-state index contributed by atoms with van der Waals surface area (Å²) < 4.78 is 28.4. The van der Waals surface area contributed by atoms with Crippen molar-refractivity contribution in [1.82, 2.24) is 29.9 Å². The molecule has 3 fully saturated rings. The molecule has 1 unspecified atom stereocenters. The average Bonchev–Trinajstić information content (AvgIpc) is 3.94. The molecule has 3 saturated heterocycles. The van der Waals surface area contributed by atoms with Gasteiger partial charge in [0.1, 0.15) is 12.8 Å². The largest absolute Gasteiger partial charge is 0.443 e. The molecule has 0 spiro atoms. The number of carbonyl (C=O) groups excluding carboxylic acids is 1. The van der Waals surface area contributed by atoms with E-state index in [1.807, 2.05) is 37.9 Å². The first-order valence-electron chi connectivity index (χ1n) is 18.4. The van der Waals surface area contributed by atoms with E-state index in [9.17, 15) is 9.18 Å². The highest BCUT2D eigenvalue weighted by Gasteiger charge is 2.49. The number of ether oxygens (including phenoxy) is 1. The number of rotatable bonds is 9. The standard InChI is InChI=1S/C39H45ClFN8O3/c1-25(2)36-43-33(52-45-36)11-12-34(50)48-17-13-26(21-48)20-46(3)37-29-14-18-47(32-10-5-8-27-7-4-9-30(40)35(27)32)23-31(29)42-38(44-37)51-24-39-15-6-16-49(39)22-28(41)19-39/h4-5,7-12,20,25-26,28H,6,13-19,21-24H2,1-3H3/q+1/b12-11+,46-20-/t26?,28-,39+/m1/s1. The Hall–Kier alpha value is -4.42. The van der Waals surface area contributed by atoms with Gasteiger partial charge in [-0.25, -0.2) is 8.97 Å². The van der Waals surface area contributed by atoms with Gasteiger partial charge in [-0.2, -0.15) is 9.97 Å². The summed E-state index contributed by atoms with van der Waals surface area (Å²) in [6.45, 7) is 8.27. The van der Waals surface area contributed by atoms with Gasteiger partial charge in [0.15, 0.2) is 5.82 Å². The molecule has 0 aliphatic carbocycles. The van der Waals surface area contributed by atoms with Crippen molar-refractivity contribution in [1.29, 1.82) is 0 Å². The number of amides is 1. The molecule has 0 radical (unpaired) electrons. The van der Waals surface area contributed by atoms with Crippen molar-refractivity contribution in [3.63, 3.8) is 0 Å². The van der Waals surface area contributed by atoms with Gasteiger partial charge in [0.25, 0.3) is 5.89 Å². The molecule has 4 aromatic rings. The van der Waals surface area contributed by atoms with Crippen LogP contribution in [-0.4, -0.2) is 105 Å². The fourth-order valence-corrected chi connectivity index (χ4v) is 8.71. The Kier molecular flexibility index (Phi) is 9.46. The average molecular weight is 728 g/mol. The highest BCUT2D eigenvalue weighted by atomic mass is 35.5. The number of fused-ring (bicyclic) bond motifs is 3. The fourth-order valence-electron chi connectivity index (χ4n) is 8.43. The maximum Gasteiger partial charge on any atom is 0.434 e. The summed E-state index contributed by atoms with van der Waals surface area (Å²) in [5, 5.41) is 6.81. The van der Waals surface area contributed by atoms with Gasteiger partial charge in [-0.05, 0) is 43.3 Å². The number of halogens is 2. The molecule has 4 aliphatic rings. The molecule has 2 aromatic heterocycles. The minimum Gasteiger partial charge on any atom is -0.443 e.